The second kappa shape index (κ2) is 2.99. The molecule has 0 atom stereocenters. The summed E-state index contributed by atoms with van der Waals surface area (Å²) in [6.45, 7) is 4.35. The number of fused-ring (bicyclic) bond motifs is 1. The Labute approximate surface area is 78.1 Å². The van der Waals surface area contributed by atoms with Gasteiger partial charge in [-0.2, -0.15) is 0 Å². The Morgan fingerprint density at radius 1 is 1.31 bits per heavy atom. The minimum Gasteiger partial charge on any atom is -0.207 e. The fourth-order valence-corrected chi connectivity index (χ4v) is 1.71. The van der Waals surface area contributed by atoms with Crippen LogP contribution in [0.5, 0.6) is 0 Å². The van der Waals surface area contributed by atoms with Gasteiger partial charge in [-0.25, -0.2) is 4.39 Å². The first-order valence-electron chi connectivity index (χ1n) is 4.65. The molecule has 0 nitrogen and oxygen atoms in total. The highest BCUT2D eigenvalue weighted by Crippen LogP contribution is 2.29. The highest BCUT2D eigenvalue weighted by molar-refractivity contribution is 5.63. The Hall–Kier alpha value is -1.11. The molecule has 0 aromatic heterocycles. The lowest BCUT2D eigenvalue weighted by molar-refractivity contribution is 0.625. The van der Waals surface area contributed by atoms with Gasteiger partial charge in [0.05, 0.1) is 0 Å². The predicted molar refractivity (Wildman–Crippen MR) is 52.9 cm³/mol. The standard InChI is InChI=1S/C12H13F/c1-8(2)10-5-9-3-4-12(13)7-11(9)6-10/h3-5,7-8H,6H2,1-2H3. The van der Waals surface area contributed by atoms with Crippen LogP contribution >= 0.6 is 0 Å². The van der Waals surface area contributed by atoms with Crippen LogP contribution in [0.4, 0.5) is 4.39 Å². The Balaban J connectivity index is 2.36. The van der Waals surface area contributed by atoms with E-state index in [4.69, 9.17) is 0 Å². The molecule has 0 N–H and O–H groups in total. The Kier molecular flexibility index (Phi) is 1.95. The van der Waals surface area contributed by atoms with E-state index in [1.165, 1.54) is 17.2 Å². The number of hydrogen-bond acceptors (Lipinski definition) is 0. The van der Waals surface area contributed by atoms with Crippen molar-refractivity contribution in [3.8, 4) is 0 Å². The Bertz CT molecular complexity index is 361. The third-order valence-corrected chi connectivity index (χ3v) is 2.58. The van der Waals surface area contributed by atoms with Gasteiger partial charge in [0.1, 0.15) is 5.82 Å². The smallest absolute Gasteiger partial charge is 0.123 e. The lowest BCUT2D eigenvalue weighted by Gasteiger charge is -2.04. The first-order chi connectivity index (χ1) is 6.16. The molecule has 1 aromatic carbocycles. The average Bonchev–Trinajstić information content (AvgIpc) is 2.46. The van der Waals surface area contributed by atoms with Crippen LogP contribution in [-0.2, 0) is 6.42 Å². The fourth-order valence-electron chi connectivity index (χ4n) is 1.71. The van der Waals surface area contributed by atoms with Crippen LogP contribution in [0.2, 0.25) is 0 Å². The third kappa shape index (κ3) is 1.51. The van der Waals surface area contributed by atoms with Crippen molar-refractivity contribution in [2.45, 2.75) is 20.3 Å². The van der Waals surface area contributed by atoms with E-state index < -0.39 is 0 Å². The summed E-state index contributed by atoms with van der Waals surface area (Å²) < 4.78 is 12.9. The topological polar surface area (TPSA) is 0 Å². The van der Waals surface area contributed by atoms with Gasteiger partial charge in [0, 0.05) is 0 Å². The van der Waals surface area contributed by atoms with Crippen molar-refractivity contribution in [3.05, 3.63) is 40.7 Å². The Morgan fingerprint density at radius 3 is 2.77 bits per heavy atom. The molecule has 0 unspecified atom stereocenters. The van der Waals surface area contributed by atoms with Crippen molar-refractivity contribution >= 4 is 6.08 Å². The van der Waals surface area contributed by atoms with Crippen molar-refractivity contribution in [1.82, 2.24) is 0 Å². The van der Waals surface area contributed by atoms with Gasteiger partial charge in [-0.3, -0.25) is 0 Å². The first-order valence-corrected chi connectivity index (χ1v) is 4.65. The van der Waals surface area contributed by atoms with Crippen LogP contribution in [-0.4, -0.2) is 0 Å². The maximum absolute atomic E-state index is 12.9. The largest absolute Gasteiger partial charge is 0.207 e. The lowest BCUT2D eigenvalue weighted by Crippen LogP contribution is -1.93. The van der Waals surface area contributed by atoms with E-state index in [0.717, 1.165) is 12.0 Å². The molecule has 0 spiro atoms. The van der Waals surface area contributed by atoms with Crippen molar-refractivity contribution in [2.24, 2.45) is 5.92 Å². The third-order valence-electron chi connectivity index (χ3n) is 2.58. The molecule has 0 bridgehead atoms. The summed E-state index contributed by atoms with van der Waals surface area (Å²) in [6, 6.07) is 5.03. The lowest BCUT2D eigenvalue weighted by atomic mass is 10.0. The first kappa shape index (κ1) is 8.49. The summed E-state index contributed by atoms with van der Waals surface area (Å²) in [4.78, 5) is 0. The highest BCUT2D eigenvalue weighted by Gasteiger charge is 2.14. The SMILES string of the molecule is CC(C)C1=Cc2ccc(F)cc2C1. The van der Waals surface area contributed by atoms with E-state index in [2.05, 4.69) is 19.9 Å². The molecule has 2 rings (SSSR count). The van der Waals surface area contributed by atoms with Crippen LogP contribution in [0.15, 0.2) is 23.8 Å². The molecule has 0 amide bonds. The summed E-state index contributed by atoms with van der Waals surface area (Å²) >= 11 is 0. The number of benzene rings is 1. The molecule has 1 aromatic rings. The van der Waals surface area contributed by atoms with Gasteiger partial charge >= 0.3 is 0 Å². The molecule has 68 valence electrons. The molecule has 1 heteroatoms. The molecule has 0 saturated heterocycles. The normalized spacial score (nSPS) is 14.6. The van der Waals surface area contributed by atoms with E-state index >= 15 is 0 Å². The number of rotatable bonds is 1. The van der Waals surface area contributed by atoms with Crippen LogP contribution in [0.1, 0.15) is 25.0 Å². The monoisotopic (exact) mass is 176 g/mol. The zero-order chi connectivity index (χ0) is 9.42. The summed E-state index contributed by atoms with van der Waals surface area (Å²) in [7, 11) is 0. The number of halogens is 1. The van der Waals surface area contributed by atoms with E-state index in [1.807, 2.05) is 6.07 Å². The predicted octanol–water partition coefficient (Wildman–Crippen LogP) is 3.42. The van der Waals surface area contributed by atoms with Crippen molar-refractivity contribution < 1.29 is 4.39 Å². The van der Waals surface area contributed by atoms with Gasteiger partial charge < -0.3 is 0 Å². The van der Waals surface area contributed by atoms with E-state index in [0.29, 0.717) is 5.92 Å². The minimum absolute atomic E-state index is 0.128. The zero-order valence-corrected chi connectivity index (χ0v) is 7.97. The molecular weight excluding hydrogens is 163 g/mol. The van der Waals surface area contributed by atoms with Gasteiger partial charge in [-0.05, 0) is 35.6 Å². The summed E-state index contributed by atoms with van der Waals surface area (Å²) in [5.41, 5.74) is 3.72. The van der Waals surface area contributed by atoms with Crippen LogP contribution in [0.3, 0.4) is 0 Å². The zero-order valence-electron chi connectivity index (χ0n) is 7.97. The van der Waals surface area contributed by atoms with Gasteiger partial charge in [0.25, 0.3) is 0 Å². The molecule has 1 aliphatic carbocycles. The second-order valence-electron chi connectivity index (χ2n) is 3.89. The van der Waals surface area contributed by atoms with Gasteiger partial charge in [-0.15, -0.1) is 0 Å². The number of hydrogen-bond donors (Lipinski definition) is 0. The molecule has 1 aliphatic rings. The maximum atomic E-state index is 12.9. The molecule has 0 saturated carbocycles. The Morgan fingerprint density at radius 2 is 2.08 bits per heavy atom. The second-order valence-corrected chi connectivity index (χ2v) is 3.89. The maximum Gasteiger partial charge on any atom is 0.123 e. The van der Waals surface area contributed by atoms with Crippen molar-refractivity contribution in [2.75, 3.05) is 0 Å². The highest BCUT2D eigenvalue weighted by atomic mass is 19.1. The van der Waals surface area contributed by atoms with E-state index in [-0.39, 0.29) is 5.82 Å². The molecule has 13 heavy (non-hydrogen) atoms. The minimum atomic E-state index is -0.128. The van der Waals surface area contributed by atoms with Gasteiger partial charge in [-0.1, -0.05) is 31.6 Å². The van der Waals surface area contributed by atoms with Gasteiger partial charge in [0.2, 0.25) is 0 Å². The molecule has 0 fully saturated rings. The van der Waals surface area contributed by atoms with Gasteiger partial charge in [0.15, 0.2) is 0 Å². The van der Waals surface area contributed by atoms with Crippen molar-refractivity contribution in [1.29, 1.82) is 0 Å². The summed E-state index contributed by atoms with van der Waals surface area (Å²) in [5, 5.41) is 0. The van der Waals surface area contributed by atoms with Crippen LogP contribution in [0.25, 0.3) is 6.08 Å². The molecule has 0 aliphatic heterocycles. The fraction of sp³-hybridized carbons (Fsp3) is 0.333. The number of allylic oxidation sites excluding steroid dienone is 1. The molecular formula is C12H13F. The van der Waals surface area contributed by atoms with Crippen LogP contribution < -0.4 is 0 Å². The molecule has 0 heterocycles. The summed E-state index contributed by atoms with van der Waals surface area (Å²) in [5.74, 6) is 0.438. The van der Waals surface area contributed by atoms with E-state index in [1.54, 1.807) is 6.07 Å². The molecule has 0 radical (unpaired) electrons. The summed E-state index contributed by atoms with van der Waals surface area (Å²) in [6.07, 6.45) is 3.10. The average molecular weight is 176 g/mol. The van der Waals surface area contributed by atoms with E-state index in [9.17, 15) is 4.39 Å². The van der Waals surface area contributed by atoms with Crippen molar-refractivity contribution in [3.63, 3.8) is 0 Å². The quantitative estimate of drug-likeness (QED) is 0.615. The van der Waals surface area contributed by atoms with Crippen LogP contribution in [0, 0.1) is 11.7 Å².